The number of ether oxygens (including phenoxy) is 1. The Morgan fingerprint density at radius 3 is 2.66 bits per heavy atom. The number of rotatable bonds is 6. The first kappa shape index (κ1) is 20.4. The minimum absolute atomic E-state index is 0.0672. The lowest BCUT2D eigenvalue weighted by atomic mass is 10.0. The first-order valence-corrected chi connectivity index (χ1v) is 11.1. The topological polar surface area (TPSA) is 53.0 Å². The van der Waals surface area contributed by atoms with E-state index in [0.717, 1.165) is 47.8 Å². The van der Waals surface area contributed by atoms with Gasteiger partial charge in [-0.25, -0.2) is 9.18 Å². The molecule has 156 valence electrons. The highest BCUT2D eigenvalue weighted by molar-refractivity contribution is 8.03. The van der Waals surface area contributed by atoms with Gasteiger partial charge < -0.3 is 14.7 Å². The van der Waals surface area contributed by atoms with Crippen molar-refractivity contribution in [2.24, 2.45) is 0 Å². The SMILES string of the molecule is CCSC1=C(C(=O)O)C(C)=CC(N2CC3CCC(C2)O3)N1Cc1cccc(F)c1. The number of hydrogen-bond acceptors (Lipinski definition) is 5. The maximum absolute atomic E-state index is 13.8. The van der Waals surface area contributed by atoms with Crippen LogP contribution in [0.15, 0.2) is 46.5 Å². The zero-order valence-electron chi connectivity index (χ0n) is 16.8. The third-order valence-electron chi connectivity index (χ3n) is 5.77. The van der Waals surface area contributed by atoms with Crippen molar-refractivity contribution in [3.05, 3.63) is 57.9 Å². The number of carboxylic acid groups (broad SMARTS) is 1. The molecule has 0 aromatic heterocycles. The van der Waals surface area contributed by atoms with E-state index in [4.69, 9.17) is 4.74 Å². The van der Waals surface area contributed by atoms with Crippen molar-refractivity contribution in [3.63, 3.8) is 0 Å². The van der Waals surface area contributed by atoms with Crippen LogP contribution >= 0.6 is 11.8 Å². The number of carboxylic acids is 1. The van der Waals surface area contributed by atoms with Crippen LogP contribution in [-0.2, 0) is 16.1 Å². The summed E-state index contributed by atoms with van der Waals surface area (Å²) < 4.78 is 19.8. The van der Waals surface area contributed by atoms with E-state index >= 15 is 0 Å². The highest BCUT2D eigenvalue weighted by Gasteiger charge is 2.40. The minimum atomic E-state index is -0.917. The van der Waals surface area contributed by atoms with Gasteiger partial charge in [0, 0.05) is 19.6 Å². The summed E-state index contributed by atoms with van der Waals surface area (Å²) in [6, 6.07) is 6.55. The molecule has 2 fully saturated rings. The fraction of sp³-hybridized carbons (Fsp3) is 0.500. The molecule has 1 N–H and O–H groups in total. The Bertz CT molecular complexity index is 844. The lowest BCUT2D eigenvalue weighted by molar-refractivity contribution is -0.132. The highest BCUT2D eigenvalue weighted by atomic mass is 32.2. The number of thioether (sulfide) groups is 1. The van der Waals surface area contributed by atoms with Gasteiger partial charge in [-0.15, -0.1) is 11.8 Å². The van der Waals surface area contributed by atoms with Gasteiger partial charge in [-0.1, -0.05) is 19.1 Å². The van der Waals surface area contributed by atoms with Gasteiger partial charge in [0.15, 0.2) is 0 Å². The quantitative estimate of drug-likeness (QED) is 0.758. The molecule has 0 aliphatic carbocycles. The summed E-state index contributed by atoms with van der Waals surface area (Å²) in [5.74, 6) is -0.432. The molecule has 0 radical (unpaired) electrons. The summed E-state index contributed by atoms with van der Waals surface area (Å²) in [5, 5.41) is 10.6. The van der Waals surface area contributed by atoms with Crippen molar-refractivity contribution in [2.45, 2.75) is 51.6 Å². The Kier molecular flexibility index (Phi) is 5.99. The van der Waals surface area contributed by atoms with Crippen molar-refractivity contribution >= 4 is 17.7 Å². The Morgan fingerprint density at radius 2 is 2.03 bits per heavy atom. The van der Waals surface area contributed by atoms with E-state index < -0.39 is 5.97 Å². The van der Waals surface area contributed by atoms with E-state index in [2.05, 4.69) is 9.80 Å². The molecule has 0 spiro atoms. The van der Waals surface area contributed by atoms with Crippen LogP contribution in [0, 0.1) is 5.82 Å². The molecule has 2 bridgehead atoms. The van der Waals surface area contributed by atoms with Crippen LogP contribution in [0.4, 0.5) is 4.39 Å². The second kappa shape index (κ2) is 8.50. The maximum atomic E-state index is 13.8. The summed E-state index contributed by atoms with van der Waals surface area (Å²) in [7, 11) is 0. The molecule has 4 rings (SSSR count). The molecule has 5 nitrogen and oxygen atoms in total. The first-order valence-electron chi connectivity index (χ1n) is 10.2. The predicted octanol–water partition coefficient (Wildman–Crippen LogP) is 3.83. The predicted molar refractivity (Wildman–Crippen MR) is 112 cm³/mol. The van der Waals surface area contributed by atoms with E-state index in [1.807, 2.05) is 26.0 Å². The lowest BCUT2D eigenvalue weighted by Gasteiger charge is -2.46. The molecule has 3 aliphatic heterocycles. The number of morpholine rings is 1. The van der Waals surface area contributed by atoms with Crippen LogP contribution in [0.5, 0.6) is 0 Å². The van der Waals surface area contributed by atoms with Crippen molar-refractivity contribution in [2.75, 3.05) is 18.8 Å². The fourth-order valence-electron chi connectivity index (χ4n) is 4.54. The summed E-state index contributed by atoms with van der Waals surface area (Å²) in [6.07, 6.45) is 4.62. The molecular weight excluding hydrogens is 391 g/mol. The van der Waals surface area contributed by atoms with Gasteiger partial charge in [0.05, 0.1) is 22.8 Å². The molecule has 2 saturated heterocycles. The molecule has 1 aromatic rings. The monoisotopic (exact) mass is 418 g/mol. The fourth-order valence-corrected chi connectivity index (χ4v) is 5.55. The van der Waals surface area contributed by atoms with E-state index in [1.165, 1.54) is 12.1 Å². The van der Waals surface area contributed by atoms with Gasteiger partial charge in [-0.2, -0.15) is 0 Å². The average molecular weight is 419 g/mol. The Morgan fingerprint density at radius 1 is 1.31 bits per heavy atom. The van der Waals surface area contributed by atoms with Gasteiger partial charge in [-0.05, 0) is 54.9 Å². The third kappa shape index (κ3) is 4.22. The van der Waals surface area contributed by atoms with Crippen LogP contribution in [0.2, 0.25) is 0 Å². The van der Waals surface area contributed by atoms with Gasteiger partial charge >= 0.3 is 5.97 Å². The Balaban J connectivity index is 1.72. The molecular formula is C22H27FN2O3S. The molecule has 0 amide bonds. The highest BCUT2D eigenvalue weighted by Crippen LogP contribution is 2.38. The molecule has 3 atom stereocenters. The minimum Gasteiger partial charge on any atom is -0.478 e. The van der Waals surface area contributed by atoms with Crippen molar-refractivity contribution in [1.82, 2.24) is 9.80 Å². The van der Waals surface area contributed by atoms with E-state index in [-0.39, 0.29) is 24.2 Å². The molecule has 1 aromatic carbocycles. The molecule has 7 heteroatoms. The number of aliphatic carboxylic acids is 1. The summed E-state index contributed by atoms with van der Waals surface area (Å²) in [4.78, 5) is 16.6. The normalized spacial score (nSPS) is 27.3. The smallest absolute Gasteiger partial charge is 0.338 e. The summed E-state index contributed by atoms with van der Waals surface area (Å²) in [6.45, 7) is 6.02. The molecule has 0 saturated carbocycles. The Hall–Kier alpha value is -1.83. The van der Waals surface area contributed by atoms with Crippen LogP contribution in [0.3, 0.4) is 0 Å². The van der Waals surface area contributed by atoms with Crippen LogP contribution < -0.4 is 0 Å². The number of nitrogens with zero attached hydrogens (tertiary/aromatic N) is 2. The number of carbonyl (C=O) groups is 1. The number of likely N-dealkylation sites (tertiary alicyclic amines) is 1. The largest absolute Gasteiger partial charge is 0.478 e. The molecule has 3 aliphatic rings. The number of fused-ring (bicyclic) bond motifs is 2. The first-order chi connectivity index (χ1) is 14.0. The molecule has 3 heterocycles. The van der Waals surface area contributed by atoms with Crippen LogP contribution in [0.1, 0.15) is 32.3 Å². The van der Waals surface area contributed by atoms with E-state index in [9.17, 15) is 14.3 Å². The second-order valence-corrected chi connectivity index (χ2v) is 9.10. The zero-order chi connectivity index (χ0) is 20.5. The van der Waals surface area contributed by atoms with Gasteiger partial charge in [0.1, 0.15) is 12.0 Å². The van der Waals surface area contributed by atoms with Crippen molar-refractivity contribution in [3.8, 4) is 0 Å². The number of hydrogen-bond donors (Lipinski definition) is 1. The standard InChI is InChI=1S/C22H27FN2O3S/c1-3-29-21-20(22(26)27)14(2)9-19(24-12-17-7-8-18(13-24)28-17)25(21)11-15-5-4-6-16(23)10-15/h4-6,9-10,17-19H,3,7-8,11-13H2,1-2H3,(H,26,27). The van der Waals surface area contributed by atoms with Crippen LogP contribution in [-0.4, -0.2) is 58.1 Å². The van der Waals surface area contributed by atoms with Crippen LogP contribution in [0.25, 0.3) is 0 Å². The number of halogens is 1. The Labute approximate surface area is 175 Å². The van der Waals surface area contributed by atoms with Gasteiger partial charge in [0.2, 0.25) is 0 Å². The maximum Gasteiger partial charge on any atom is 0.338 e. The van der Waals surface area contributed by atoms with E-state index in [0.29, 0.717) is 12.1 Å². The summed E-state index contributed by atoms with van der Waals surface area (Å²) in [5.41, 5.74) is 1.96. The van der Waals surface area contributed by atoms with Gasteiger partial charge in [0.25, 0.3) is 0 Å². The third-order valence-corrected chi connectivity index (χ3v) is 6.77. The van der Waals surface area contributed by atoms with E-state index in [1.54, 1.807) is 17.8 Å². The average Bonchev–Trinajstić information content (AvgIpc) is 3.01. The zero-order valence-corrected chi connectivity index (χ0v) is 17.6. The molecule has 29 heavy (non-hydrogen) atoms. The van der Waals surface area contributed by atoms with Crippen molar-refractivity contribution < 1.29 is 19.0 Å². The number of benzene rings is 1. The van der Waals surface area contributed by atoms with Crippen molar-refractivity contribution in [1.29, 1.82) is 0 Å². The lowest BCUT2D eigenvalue weighted by Crippen LogP contribution is -2.54. The van der Waals surface area contributed by atoms with Gasteiger partial charge in [-0.3, -0.25) is 4.90 Å². The summed E-state index contributed by atoms with van der Waals surface area (Å²) >= 11 is 1.54. The molecule has 3 unspecified atom stereocenters. The second-order valence-electron chi connectivity index (χ2n) is 7.85.